The summed E-state index contributed by atoms with van der Waals surface area (Å²) in [4.78, 5) is 19.7. The molecule has 5 rings (SSSR count). The van der Waals surface area contributed by atoms with Gasteiger partial charge in [-0.25, -0.2) is 4.39 Å². The summed E-state index contributed by atoms with van der Waals surface area (Å²) in [5, 5.41) is 9.10. The van der Waals surface area contributed by atoms with Crippen LogP contribution in [0.25, 0.3) is 0 Å². The first kappa shape index (κ1) is 26.9. The molecule has 39 heavy (non-hydrogen) atoms. The van der Waals surface area contributed by atoms with Crippen molar-refractivity contribution in [3.8, 4) is 6.07 Å². The molecule has 2 aliphatic heterocycles. The number of nitriles is 1. The van der Waals surface area contributed by atoms with Gasteiger partial charge < -0.3 is 14.5 Å². The fraction of sp³-hybridized carbons (Fsp3) is 0.375. The van der Waals surface area contributed by atoms with Gasteiger partial charge in [-0.15, -0.1) is 0 Å². The summed E-state index contributed by atoms with van der Waals surface area (Å²) >= 11 is 0. The Labute approximate surface area is 230 Å². The fourth-order valence-corrected chi connectivity index (χ4v) is 5.39. The smallest absolute Gasteiger partial charge is 0.254 e. The number of piperazine rings is 1. The van der Waals surface area contributed by atoms with E-state index in [1.165, 1.54) is 30.7 Å². The van der Waals surface area contributed by atoms with E-state index < -0.39 is 0 Å². The Bertz CT molecular complexity index is 1320. The molecule has 2 heterocycles. The molecule has 1 atom stereocenters. The van der Waals surface area contributed by atoms with Crippen LogP contribution in [-0.4, -0.2) is 61.5 Å². The molecule has 202 valence electrons. The van der Waals surface area contributed by atoms with Crippen LogP contribution in [0.2, 0.25) is 0 Å². The summed E-state index contributed by atoms with van der Waals surface area (Å²) in [6.45, 7) is 7.79. The minimum atomic E-state index is -0.388. The van der Waals surface area contributed by atoms with Gasteiger partial charge in [0.25, 0.3) is 5.91 Å². The van der Waals surface area contributed by atoms with Crippen molar-refractivity contribution in [2.75, 3.05) is 50.7 Å². The normalized spacial score (nSPS) is 16.7. The van der Waals surface area contributed by atoms with E-state index in [4.69, 9.17) is 10.00 Å². The van der Waals surface area contributed by atoms with Gasteiger partial charge in [0.05, 0.1) is 24.3 Å². The van der Waals surface area contributed by atoms with Gasteiger partial charge >= 0.3 is 0 Å². The van der Waals surface area contributed by atoms with Crippen molar-refractivity contribution in [1.82, 2.24) is 9.80 Å². The molecule has 7 heteroatoms. The zero-order chi connectivity index (χ0) is 27.2. The Morgan fingerprint density at radius 3 is 2.44 bits per heavy atom. The van der Waals surface area contributed by atoms with Gasteiger partial charge in [-0.05, 0) is 72.9 Å². The number of benzene rings is 3. The molecule has 0 saturated carbocycles. The second kappa shape index (κ2) is 12.4. The second-order valence-electron chi connectivity index (χ2n) is 10.4. The van der Waals surface area contributed by atoms with Crippen molar-refractivity contribution in [2.24, 2.45) is 0 Å². The molecule has 0 N–H and O–H groups in total. The molecule has 6 nitrogen and oxygen atoms in total. The third-order valence-electron chi connectivity index (χ3n) is 7.76. The van der Waals surface area contributed by atoms with E-state index in [1.54, 1.807) is 6.07 Å². The maximum atomic E-state index is 13.8. The van der Waals surface area contributed by atoms with Gasteiger partial charge in [-0.1, -0.05) is 30.3 Å². The Morgan fingerprint density at radius 2 is 1.72 bits per heavy atom. The molecule has 0 aromatic heterocycles. The van der Waals surface area contributed by atoms with E-state index in [9.17, 15) is 9.18 Å². The van der Waals surface area contributed by atoms with Gasteiger partial charge in [-0.3, -0.25) is 9.69 Å². The summed E-state index contributed by atoms with van der Waals surface area (Å²) in [5.74, 6) is -0.500. The zero-order valence-corrected chi connectivity index (χ0v) is 22.5. The third-order valence-corrected chi connectivity index (χ3v) is 7.76. The Morgan fingerprint density at radius 1 is 0.974 bits per heavy atom. The first-order valence-corrected chi connectivity index (χ1v) is 13.7. The predicted octanol–water partition coefficient (Wildman–Crippen LogP) is 5.32. The summed E-state index contributed by atoms with van der Waals surface area (Å²) in [6, 6.07) is 22.7. The Hall–Kier alpha value is -3.73. The van der Waals surface area contributed by atoms with E-state index in [2.05, 4.69) is 40.1 Å². The summed E-state index contributed by atoms with van der Waals surface area (Å²) in [7, 11) is 0. The van der Waals surface area contributed by atoms with Crippen LogP contribution in [0.1, 0.15) is 51.6 Å². The maximum absolute atomic E-state index is 13.8. The third kappa shape index (κ3) is 6.65. The number of rotatable bonds is 8. The molecule has 3 aromatic carbocycles. The number of carbonyl (C=O) groups is 1. The lowest BCUT2D eigenvalue weighted by Crippen LogP contribution is -2.49. The van der Waals surface area contributed by atoms with E-state index in [0.29, 0.717) is 37.4 Å². The topological polar surface area (TPSA) is 59.8 Å². The lowest BCUT2D eigenvalue weighted by atomic mass is 10.1. The van der Waals surface area contributed by atoms with Gasteiger partial charge in [0.1, 0.15) is 5.82 Å². The van der Waals surface area contributed by atoms with E-state index in [-0.39, 0.29) is 17.8 Å². The summed E-state index contributed by atoms with van der Waals surface area (Å²) in [6.07, 6.45) is 2.30. The number of hydrogen-bond acceptors (Lipinski definition) is 5. The first-order valence-electron chi connectivity index (χ1n) is 13.7. The molecule has 0 bridgehead atoms. The van der Waals surface area contributed by atoms with Crippen molar-refractivity contribution in [3.63, 3.8) is 0 Å². The first-order chi connectivity index (χ1) is 19.0. The molecule has 0 spiro atoms. The van der Waals surface area contributed by atoms with E-state index in [1.807, 2.05) is 36.1 Å². The minimum absolute atomic E-state index is 0.112. The van der Waals surface area contributed by atoms with Crippen LogP contribution in [0.5, 0.6) is 0 Å². The van der Waals surface area contributed by atoms with Gasteiger partial charge in [0.15, 0.2) is 0 Å². The van der Waals surface area contributed by atoms with Gasteiger partial charge in [0.2, 0.25) is 0 Å². The number of hydrogen-bond donors (Lipinski definition) is 0. The predicted molar refractivity (Wildman–Crippen MR) is 150 cm³/mol. The lowest BCUT2D eigenvalue weighted by Gasteiger charge is -2.37. The highest BCUT2D eigenvalue weighted by Gasteiger charge is 2.26. The number of aryl methyl sites for hydroxylation is 1. The quantitative estimate of drug-likeness (QED) is 0.398. The molecule has 0 unspecified atom stereocenters. The van der Waals surface area contributed by atoms with Crippen molar-refractivity contribution < 1.29 is 13.9 Å². The molecule has 2 saturated heterocycles. The Kier molecular flexibility index (Phi) is 8.55. The zero-order valence-electron chi connectivity index (χ0n) is 22.5. The molecular weight excluding hydrogens is 491 g/mol. The SMILES string of the molecule is Cc1ccc(F)cc1C(=O)N1CCN(C[C@@H](OCc2ccc(C#N)cc2)c2cccc(N3CCCC3)c2)CC1. The molecular formula is C32H35FN4O2. The number of amides is 1. The van der Waals surface area contributed by atoms with Gasteiger partial charge in [0, 0.05) is 57.1 Å². The Balaban J connectivity index is 1.27. The number of halogens is 1. The van der Waals surface area contributed by atoms with E-state index in [0.717, 1.165) is 42.9 Å². The highest BCUT2D eigenvalue weighted by molar-refractivity contribution is 5.95. The van der Waals surface area contributed by atoms with Crippen LogP contribution < -0.4 is 4.90 Å². The highest BCUT2D eigenvalue weighted by atomic mass is 19.1. The average Bonchev–Trinajstić information content (AvgIpc) is 3.52. The van der Waals surface area contributed by atoms with E-state index >= 15 is 0 Å². The van der Waals surface area contributed by atoms with Crippen LogP contribution in [-0.2, 0) is 11.3 Å². The minimum Gasteiger partial charge on any atom is -0.372 e. The van der Waals surface area contributed by atoms with Crippen LogP contribution in [0.15, 0.2) is 66.7 Å². The average molecular weight is 527 g/mol. The van der Waals surface area contributed by atoms with Crippen LogP contribution >= 0.6 is 0 Å². The summed E-state index contributed by atoms with van der Waals surface area (Å²) < 4.78 is 20.3. The number of nitrogens with zero attached hydrogens (tertiary/aromatic N) is 4. The molecule has 0 radical (unpaired) electrons. The number of anilines is 1. The van der Waals surface area contributed by atoms with Crippen LogP contribution in [0.4, 0.5) is 10.1 Å². The van der Waals surface area contributed by atoms with Crippen LogP contribution in [0, 0.1) is 24.1 Å². The van der Waals surface area contributed by atoms with Crippen molar-refractivity contribution in [3.05, 3.63) is 100 Å². The standard InChI is InChI=1S/C32H35FN4O2/c1-24-7-12-28(33)20-30(24)32(38)37-17-15-35(16-18-37)22-31(39-23-26-10-8-25(21-34)9-11-26)27-5-4-6-29(19-27)36-13-2-3-14-36/h4-12,19-20,31H,2-3,13-18,22-23H2,1H3/t31-/m1/s1. The number of ether oxygens (including phenoxy) is 1. The summed E-state index contributed by atoms with van der Waals surface area (Å²) in [5.41, 5.74) is 5.26. The second-order valence-corrected chi connectivity index (χ2v) is 10.4. The molecule has 2 fully saturated rings. The van der Waals surface area contributed by atoms with Crippen molar-refractivity contribution in [2.45, 2.75) is 32.5 Å². The van der Waals surface area contributed by atoms with Crippen LogP contribution in [0.3, 0.4) is 0 Å². The molecule has 1 amide bonds. The fourth-order valence-electron chi connectivity index (χ4n) is 5.39. The van der Waals surface area contributed by atoms with Crippen molar-refractivity contribution in [1.29, 1.82) is 5.26 Å². The molecule has 2 aliphatic rings. The monoisotopic (exact) mass is 526 g/mol. The lowest BCUT2D eigenvalue weighted by molar-refractivity contribution is 0.00343. The van der Waals surface area contributed by atoms with Crippen molar-refractivity contribution >= 4 is 11.6 Å². The number of carbonyl (C=O) groups excluding carboxylic acids is 1. The van der Waals surface area contributed by atoms with Gasteiger partial charge in [-0.2, -0.15) is 5.26 Å². The molecule has 0 aliphatic carbocycles. The highest BCUT2D eigenvalue weighted by Crippen LogP contribution is 2.28. The maximum Gasteiger partial charge on any atom is 0.254 e. The molecule has 3 aromatic rings. The largest absolute Gasteiger partial charge is 0.372 e.